The molecule has 5 nitrogen and oxygen atoms in total. The van der Waals surface area contributed by atoms with Gasteiger partial charge in [-0.3, -0.25) is 10.4 Å². The number of aryl methyl sites for hydroxylation is 1. The molecule has 0 fully saturated rings. The number of nitrogens with two attached hydrogens (primary N) is 1. The third-order valence-corrected chi connectivity index (χ3v) is 2.01. The largest absolute Gasteiger partial charge is 0.382 e. The molecule has 0 unspecified atom stereocenters. The van der Waals surface area contributed by atoms with Crippen molar-refractivity contribution in [1.82, 2.24) is 14.8 Å². The monoisotopic (exact) mass is 201 g/mol. The van der Waals surface area contributed by atoms with Crippen LogP contribution in [-0.4, -0.2) is 20.6 Å². The standard InChI is InChI=1S/C10H11N5/c1-7-3-5-15(14-7)8-2-4-13-9(6-8)10(11)12/h2-6H,1H3,(H3,11,12). The number of nitrogens with zero attached hydrogens (tertiary/aromatic N) is 3. The zero-order valence-electron chi connectivity index (χ0n) is 8.31. The van der Waals surface area contributed by atoms with Crippen LogP contribution in [0.5, 0.6) is 0 Å². The first kappa shape index (κ1) is 9.39. The van der Waals surface area contributed by atoms with Gasteiger partial charge in [0.25, 0.3) is 0 Å². The molecule has 76 valence electrons. The van der Waals surface area contributed by atoms with E-state index in [1.54, 1.807) is 16.9 Å². The molecule has 0 saturated heterocycles. The van der Waals surface area contributed by atoms with Crippen LogP contribution in [-0.2, 0) is 0 Å². The summed E-state index contributed by atoms with van der Waals surface area (Å²) in [4.78, 5) is 3.98. The van der Waals surface area contributed by atoms with Gasteiger partial charge in [-0.2, -0.15) is 5.10 Å². The van der Waals surface area contributed by atoms with Gasteiger partial charge in [-0.15, -0.1) is 0 Å². The van der Waals surface area contributed by atoms with Gasteiger partial charge in [0.1, 0.15) is 11.5 Å². The quantitative estimate of drug-likeness (QED) is 0.558. The van der Waals surface area contributed by atoms with E-state index in [9.17, 15) is 0 Å². The van der Waals surface area contributed by atoms with Crippen LogP contribution in [0.15, 0.2) is 30.6 Å². The minimum absolute atomic E-state index is 0.0410. The average molecular weight is 201 g/mol. The average Bonchev–Trinajstić information content (AvgIpc) is 2.65. The van der Waals surface area contributed by atoms with Crippen LogP contribution in [0.25, 0.3) is 5.69 Å². The van der Waals surface area contributed by atoms with Crippen molar-refractivity contribution in [1.29, 1.82) is 5.41 Å². The lowest BCUT2D eigenvalue weighted by Crippen LogP contribution is -2.13. The molecule has 0 aliphatic heterocycles. The van der Waals surface area contributed by atoms with E-state index in [0.29, 0.717) is 5.69 Å². The van der Waals surface area contributed by atoms with Crippen LogP contribution in [0.3, 0.4) is 0 Å². The molecule has 0 atom stereocenters. The normalized spacial score (nSPS) is 10.2. The highest BCUT2D eigenvalue weighted by molar-refractivity contribution is 5.93. The summed E-state index contributed by atoms with van der Waals surface area (Å²) in [7, 11) is 0. The van der Waals surface area contributed by atoms with Crippen LogP contribution >= 0.6 is 0 Å². The van der Waals surface area contributed by atoms with E-state index >= 15 is 0 Å². The highest BCUT2D eigenvalue weighted by Gasteiger charge is 2.02. The number of amidine groups is 1. The van der Waals surface area contributed by atoms with Gasteiger partial charge >= 0.3 is 0 Å². The molecule has 0 aromatic carbocycles. The molecular formula is C10H11N5. The molecule has 2 aromatic rings. The van der Waals surface area contributed by atoms with Crippen LogP contribution in [0.4, 0.5) is 0 Å². The fourth-order valence-corrected chi connectivity index (χ4v) is 1.27. The fourth-order valence-electron chi connectivity index (χ4n) is 1.27. The SMILES string of the molecule is Cc1ccn(-c2ccnc(C(=N)N)c2)n1. The summed E-state index contributed by atoms with van der Waals surface area (Å²) in [5.74, 6) is -0.0410. The molecule has 5 heteroatoms. The Morgan fingerprint density at radius 2 is 2.27 bits per heavy atom. The van der Waals surface area contributed by atoms with E-state index in [0.717, 1.165) is 11.4 Å². The number of pyridine rings is 1. The van der Waals surface area contributed by atoms with E-state index < -0.39 is 0 Å². The van der Waals surface area contributed by atoms with Crippen molar-refractivity contribution in [3.8, 4) is 5.69 Å². The summed E-state index contributed by atoms with van der Waals surface area (Å²) >= 11 is 0. The maximum atomic E-state index is 7.29. The Hall–Kier alpha value is -2.17. The molecule has 0 bridgehead atoms. The zero-order valence-corrected chi connectivity index (χ0v) is 8.31. The third-order valence-electron chi connectivity index (χ3n) is 2.01. The topological polar surface area (TPSA) is 80.6 Å². The molecule has 0 aliphatic carbocycles. The van der Waals surface area contributed by atoms with Crippen molar-refractivity contribution >= 4 is 5.84 Å². The van der Waals surface area contributed by atoms with Gasteiger partial charge in [0.05, 0.1) is 11.4 Å². The third kappa shape index (κ3) is 1.85. The van der Waals surface area contributed by atoms with Crippen molar-refractivity contribution in [3.05, 3.63) is 42.0 Å². The second kappa shape index (κ2) is 3.53. The lowest BCUT2D eigenvalue weighted by atomic mass is 10.3. The summed E-state index contributed by atoms with van der Waals surface area (Å²) in [5, 5.41) is 11.5. The Morgan fingerprint density at radius 3 is 2.87 bits per heavy atom. The number of aromatic nitrogens is 3. The van der Waals surface area contributed by atoms with E-state index in [1.165, 1.54) is 0 Å². The summed E-state index contributed by atoms with van der Waals surface area (Å²) < 4.78 is 1.73. The molecule has 15 heavy (non-hydrogen) atoms. The highest BCUT2D eigenvalue weighted by atomic mass is 15.3. The van der Waals surface area contributed by atoms with Gasteiger partial charge in [0.15, 0.2) is 0 Å². The first-order valence-electron chi connectivity index (χ1n) is 4.50. The lowest BCUT2D eigenvalue weighted by molar-refractivity contribution is 0.859. The molecule has 0 amide bonds. The molecule has 2 aromatic heterocycles. The Bertz CT molecular complexity index is 500. The Balaban J connectivity index is 2.45. The number of hydrogen-bond acceptors (Lipinski definition) is 3. The van der Waals surface area contributed by atoms with Gasteiger partial charge in [-0.25, -0.2) is 4.68 Å². The van der Waals surface area contributed by atoms with Gasteiger partial charge in [0.2, 0.25) is 0 Å². The van der Waals surface area contributed by atoms with Crippen LogP contribution in [0.1, 0.15) is 11.4 Å². The first-order valence-corrected chi connectivity index (χ1v) is 4.50. The second-order valence-corrected chi connectivity index (χ2v) is 3.21. The Kier molecular flexibility index (Phi) is 2.21. The van der Waals surface area contributed by atoms with E-state index in [-0.39, 0.29) is 5.84 Å². The van der Waals surface area contributed by atoms with Crippen LogP contribution in [0, 0.1) is 12.3 Å². The highest BCUT2D eigenvalue weighted by Crippen LogP contribution is 2.07. The predicted molar refractivity (Wildman–Crippen MR) is 57.1 cm³/mol. The summed E-state index contributed by atoms with van der Waals surface area (Å²) in [6, 6.07) is 5.46. The Labute approximate surface area is 87.1 Å². The van der Waals surface area contributed by atoms with E-state index in [1.807, 2.05) is 25.3 Å². The summed E-state index contributed by atoms with van der Waals surface area (Å²) in [6.45, 7) is 1.92. The van der Waals surface area contributed by atoms with E-state index in [4.69, 9.17) is 11.1 Å². The van der Waals surface area contributed by atoms with Gasteiger partial charge in [0, 0.05) is 12.4 Å². The molecule has 3 N–H and O–H groups in total. The molecular weight excluding hydrogens is 190 g/mol. The van der Waals surface area contributed by atoms with Gasteiger partial charge < -0.3 is 5.73 Å². The summed E-state index contributed by atoms with van der Waals surface area (Å²) in [5.41, 5.74) is 7.61. The van der Waals surface area contributed by atoms with Crippen molar-refractivity contribution in [2.24, 2.45) is 5.73 Å². The zero-order chi connectivity index (χ0) is 10.8. The maximum absolute atomic E-state index is 7.29. The summed E-state index contributed by atoms with van der Waals surface area (Å²) in [6.07, 6.45) is 3.47. The van der Waals surface area contributed by atoms with Crippen molar-refractivity contribution in [2.45, 2.75) is 6.92 Å². The maximum Gasteiger partial charge on any atom is 0.141 e. The van der Waals surface area contributed by atoms with E-state index in [2.05, 4.69) is 10.1 Å². The van der Waals surface area contributed by atoms with Crippen molar-refractivity contribution < 1.29 is 0 Å². The lowest BCUT2D eigenvalue weighted by Gasteiger charge is -2.02. The molecule has 2 heterocycles. The first-order chi connectivity index (χ1) is 7.16. The van der Waals surface area contributed by atoms with Gasteiger partial charge in [-0.1, -0.05) is 0 Å². The fraction of sp³-hybridized carbons (Fsp3) is 0.100. The Morgan fingerprint density at radius 1 is 1.47 bits per heavy atom. The minimum atomic E-state index is -0.0410. The molecule has 0 aliphatic rings. The minimum Gasteiger partial charge on any atom is -0.382 e. The molecule has 0 radical (unpaired) electrons. The number of hydrogen-bond donors (Lipinski definition) is 2. The van der Waals surface area contributed by atoms with Crippen LogP contribution in [0.2, 0.25) is 0 Å². The smallest absolute Gasteiger partial charge is 0.141 e. The molecule has 2 rings (SSSR count). The number of rotatable bonds is 2. The molecule has 0 spiro atoms. The van der Waals surface area contributed by atoms with Crippen LogP contribution < -0.4 is 5.73 Å². The van der Waals surface area contributed by atoms with Gasteiger partial charge in [-0.05, 0) is 25.1 Å². The number of nitrogen functional groups attached to an aromatic ring is 1. The van der Waals surface area contributed by atoms with Crippen molar-refractivity contribution in [3.63, 3.8) is 0 Å². The molecule has 0 saturated carbocycles. The van der Waals surface area contributed by atoms with Crippen molar-refractivity contribution in [2.75, 3.05) is 0 Å². The number of nitrogens with one attached hydrogen (secondary N) is 1. The predicted octanol–water partition coefficient (Wildman–Crippen LogP) is 0.860. The second-order valence-electron chi connectivity index (χ2n) is 3.21.